The van der Waals surface area contributed by atoms with Crippen molar-refractivity contribution in [3.05, 3.63) is 29.8 Å². The number of nitrogens with zero attached hydrogens (tertiary/aromatic N) is 1. The van der Waals surface area contributed by atoms with Crippen LogP contribution in [0.15, 0.2) is 24.3 Å². The molecule has 0 unspecified atom stereocenters. The number of nitrogens with one attached hydrogen (secondary N) is 1. The van der Waals surface area contributed by atoms with Crippen molar-refractivity contribution in [2.45, 2.75) is 31.7 Å². The second-order valence-corrected chi connectivity index (χ2v) is 7.75. The van der Waals surface area contributed by atoms with Gasteiger partial charge in [-0.25, -0.2) is 0 Å². The van der Waals surface area contributed by atoms with Crippen molar-refractivity contribution < 1.29 is 9.53 Å². The SMILES string of the molecule is CSCCN1CCC(NC(=O)[C@@H]2CCOc3ccccc3C2)CC1. The molecule has 1 aromatic rings. The van der Waals surface area contributed by atoms with E-state index >= 15 is 0 Å². The van der Waals surface area contributed by atoms with Crippen molar-refractivity contribution in [2.75, 3.05) is 38.2 Å². The van der Waals surface area contributed by atoms with Gasteiger partial charge < -0.3 is 15.0 Å². The fourth-order valence-electron chi connectivity index (χ4n) is 3.56. The zero-order chi connectivity index (χ0) is 16.8. The first-order valence-corrected chi connectivity index (χ1v) is 10.4. The summed E-state index contributed by atoms with van der Waals surface area (Å²) in [6.45, 7) is 3.99. The Morgan fingerprint density at radius 1 is 1.29 bits per heavy atom. The summed E-state index contributed by atoms with van der Waals surface area (Å²) in [7, 11) is 0. The molecule has 1 amide bonds. The van der Waals surface area contributed by atoms with Crippen molar-refractivity contribution in [3.8, 4) is 5.75 Å². The lowest BCUT2D eigenvalue weighted by Gasteiger charge is -2.32. The van der Waals surface area contributed by atoms with Crippen LogP contribution in [0.1, 0.15) is 24.8 Å². The van der Waals surface area contributed by atoms with Crippen LogP contribution in [0, 0.1) is 5.92 Å². The zero-order valence-corrected chi connectivity index (χ0v) is 15.3. The van der Waals surface area contributed by atoms with Gasteiger partial charge in [0.1, 0.15) is 5.75 Å². The summed E-state index contributed by atoms with van der Waals surface area (Å²) < 4.78 is 5.78. The van der Waals surface area contributed by atoms with E-state index in [2.05, 4.69) is 22.5 Å². The number of amides is 1. The Morgan fingerprint density at radius 2 is 2.08 bits per heavy atom. The third kappa shape index (κ3) is 4.67. The first-order valence-electron chi connectivity index (χ1n) is 8.98. The molecule has 0 bridgehead atoms. The first kappa shape index (κ1) is 17.6. The Labute approximate surface area is 149 Å². The summed E-state index contributed by atoms with van der Waals surface area (Å²) in [6, 6.07) is 8.42. The molecule has 4 nitrogen and oxygen atoms in total. The number of piperidine rings is 1. The molecule has 2 aliphatic heterocycles. The van der Waals surface area contributed by atoms with Crippen molar-refractivity contribution in [2.24, 2.45) is 5.92 Å². The first-order chi connectivity index (χ1) is 11.8. The van der Waals surface area contributed by atoms with Crippen LogP contribution >= 0.6 is 11.8 Å². The van der Waals surface area contributed by atoms with Crippen molar-refractivity contribution in [1.82, 2.24) is 10.2 Å². The molecule has 0 spiro atoms. The molecule has 1 N–H and O–H groups in total. The molecule has 0 aromatic heterocycles. The number of benzene rings is 1. The van der Waals surface area contributed by atoms with Gasteiger partial charge in [0, 0.05) is 37.3 Å². The van der Waals surface area contributed by atoms with Crippen LogP contribution in [-0.2, 0) is 11.2 Å². The van der Waals surface area contributed by atoms with Crippen LogP contribution in [0.3, 0.4) is 0 Å². The van der Waals surface area contributed by atoms with E-state index in [0.29, 0.717) is 12.6 Å². The van der Waals surface area contributed by atoms with Gasteiger partial charge >= 0.3 is 0 Å². The zero-order valence-electron chi connectivity index (χ0n) is 14.5. The lowest BCUT2D eigenvalue weighted by Crippen LogP contribution is -2.47. The van der Waals surface area contributed by atoms with Crippen molar-refractivity contribution in [1.29, 1.82) is 0 Å². The second kappa shape index (κ2) is 8.77. The molecule has 2 aliphatic rings. The predicted molar refractivity (Wildman–Crippen MR) is 99.7 cm³/mol. The van der Waals surface area contributed by atoms with E-state index in [1.165, 1.54) is 12.3 Å². The fraction of sp³-hybridized carbons (Fsp3) is 0.632. The molecule has 1 fully saturated rings. The minimum Gasteiger partial charge on any atom is -0.493 e. The highest BCUT2D eigenvalue weighted by atomic mass is 32.2. The highest BCUT2D eigenvalue weighted by Gasteiger charge is 2.27. The number of hydrogen-bond donors (Lipinski definition) is 1. The maximum Gasteiger partial charge on any atom is 0.223 e. The molecule has 132 valence electrons. The van der Waals surface area contributed by atoms with Crippen molar-refractivity contribution >= 4 is 17.7 Å². The van der Waals surface area contributed by atoms with Gasteiger partial charge in [-0.3, -0.25) is 4.79 Å². The smallest absolute Gasteiger partial charge is 0.223 e. The number of carbonyl (C=O) groups excluding carboxylic acids is 1. The summed E-state index contributed by atoms with van der Waals surface area (Å²) in [5, 5.41) is 3.30. The molecule has 0 aliphatic carbocycles. The number of thioether (sulfide) groups is 1. The Kier molecular flexibility index (Phi) is 6.44. The lowest BCUT2D eigenvalue weighted by molar-refractivity contribution is -0.126. The molecular weight excluding hydrogens is 320 g/mol. The third-order valence-corrected chi connectivity index (χ3v) is 5.67. The minimum absolute atomic E-state index is 0.0307. The van der Waals surface area contributed by atoms with Crippen LogP contribution in [-0.4, -0.2) is 55.1 Å². The van der Waals surface area contributed by atoms with Crippen molar-refractivity contribution in [3.63, 3.8) is 0 Å². The molecule has 2 heterocycles. The summed E-state index contributed by atoms with van der Waals surface area (Å²) in [5.74, 6) is 2.37. The summed E-state index contributed by atoms with van der Waals surface area (Å²) >= 11 is 1.90. The number of likely N-dealkylation sites (tertiary alicyclic amines) is 1. The molecule has 3 rings (SSSR count). The second-order valence-electron chi connectivity index (χ2n) is 6.76. The Balaban J connectivity index is 1.49. The Morgan fingerprint density at radius 3 is 2.88 bits per heavy atom. The largest absolute Gasteiger partial charge is 0.493 e. The maximum absolute atomic E-state index is 12.7. The molecule has 0 saturated carbocycles. The highest BCUT2D eigenvalue weighted by Crippen LogP contribution is 2.27. The van der Waals surface area contributed by atoms with Crippen LogP contribution in [0.5, 0.6) is 5.75 Å². The average Bonchev–Trinajstić information content (AvgIpc) is 2.83. The van der Waals surface area contributed by atoms with Crippen LogP contribution in [0.4, 0.5) is 0 Å². The van der Waals surface area contributed by atoms with E-state index in [0.717, 1.165) is 50.1 Å². The fourth-order valence-corrected chi connectivity index (χ4v) is 4.00. The van der Waals surface area contributed by atoms with Gasteiger partial charge in [0.05, 0.1) is 6.61 Å². The summed E-state index contributed by atoms with van der Waals surface area (Å²) in [4.78, 5) is 15.2. The van der Waals surface area contributed by atoms with Gasteiger partial charge in [-0.1, -0.05) is 18.2 Å². The van der Waals surface area contributed by atoms with E-state index < -0.39 is 0 Å². The molecular formula is C19H28N2O2S. The summed E-state index contributed by atoms with van der Waals surface area (Å²) in [5.41, 5.74) is 1.15. The molecule has 5 heteroatoms. The van der Waals surface area contributed by atoms with E-state index in [-0.39, 0.29) is 11.8 Å². The van der Waals surface area contributed by atoms with Gasteiger partial charge in [-0.15, -0.1) is 0 Å². The van der Waals surface area contributed by atoms with E-state index in [4.69, 9.17) is 4.74 Å². The molecule has 1 aromatic carbocycles. The number of para-hydroxylation sites is 1. The molecule has 1 atom stereocenters. The van der Waals surface area contributed by atoms with Gasteiger partial charge in [0.15, 0.2) is 0 Å². The highest BCUT2D eigenvalue weighted by molar-refractivity contribution is 7.98. The van der Waals surface area contributed by atoms with Gasteiger partial charge in [-0.05, 0) is 43.6 Å². The van der Waals surface area contributed by atoms with Crippen LogP contribution < -0.4 is 10.1 Å². The number of rotatable bonds is 5. The number of fused-ring (bicyclic) bond motifs is 1. The Bertz CT molecular complexity index is 544. The Hall–Kier alpha value is -1.20. The molecule has 0 radical (unpaired) electrons. The van der Waals surface area contributed by atoms with Gasteiger partial charge in [-0.2, -0.15) is 11.8 Å². The standard InChI is InChI=1S/C19H28N2O2S/c1-24-13-11-21-9-6-17(7-10-21)20-19(22)16-8-12-23-18-5-3-2-4-15(18)14-16/h2-5,16-17H,6-14H2,1H3,(H,20,22)/t16-/m1/s1. The van der Waals surface area contributed by atoms with Gasteiger partial charge in [0.2, 0.25) is 5.91 Å². The number of hydrogen-bond acceptors (Lipinski definition) is 4. The monoisotopic (exact) mass is 348 g/mol. The van der Waals surface area contributed by atoms with E-state index in [1.807, 2.05) is 30.0 Å². The minimum atomic E-state index is 0.0307. The maximum atomic E-state index is 12.7. The van der Waals surface area contributed by atoms with E-state index in [1.54, 1.807) is 0 Å². The van der Waals surface area contributed by atoms with Crippen LogP contribution in [0.25, 0.3) is 0 Å². The number of carbonyl (C=O) groups is 1. The predicted octanol–water partition coefficient (Wildman–Crippen LogP) is 2.57. The normalized spacial score (nSPS) is 22.3. The number of ether oxygens (including phenoxy) is 1. The van der Waals surface area contributed by atoms with Crippen LogP contribution in [0.2, 0.25) is 0 Å². The quantitative estimate of drug-likeness (QED) is 0.888. The molecule has 24 heavy (non-hydrogen) atoms. The third-order valence-electron chi connectivity index (χ3n) is 5.08. The van der Waals surface area contributed by atoms with E-state index in [9.17, 15) is 4.79 Å². The summed E-state index contributed by atoms with van der Waals surface area (Å²) in [6.07, 6.45) is 5.88. The average molecular weight is 349 g/mol. The van der Waals surface area contributed by atoms with Gasteiger partial charge in [0.25, 0.3) is 0 Å². The molecule has 1 saturated heterocycles. The lowest BCUT2D eigenvalue weighted by atomic mass is 9.95. The topological polar surface area (TPSA) is 41.6 Å².